The van der Waals surface area contributed by atoms with Crippen LogP contribution in [-0.4, -0.2) is 55.8 Å². The maximum Gasteiger partial charge on any atom is 0.280 e. The fourth-order valence-corrected chi connectivity index (χ4v) is 4.70. The predicted octanol–water partition coefficient (Wildman–Crippen LogP) is 0.237. The summed E-state index contributed by atoms with van der Waals surface area (Å²) in [6.45, 7) is 3.29. The Bertz CT molecular complexity index is 393. The predicted molar refractivity (Wildman–Crippen MR) is 71.9 cm³/mol. The largest absolute Gasteiger partial charge is 0.394 e. The van der Waals surface area contributed by atoms with Gasteiger partial charge in [0.2, 0.25) is 0 Å². The van der Waals surface area contributed by atoms with Crippen LogP contribution in [0.4, 0.5) is 0 Å². The first-order chi connectivity index (χ1) is 8.99. The second-order valence-corrected chi connectivity index (χ2v) is 7.24. The Morgan fingerprint density at radius 2 is 2.05 bits per heavy atom. The van der Waals surface area contributed by atoms with Gasteiger partial charge in [-0.3, -0.25) is 0 Å². The van der Waals surface area contributed by atoms with Crippen molar-refractivity contribution in [3.8, 4) is 0 Å². The molecule has 7 heteroatoms. The highest BCUT2D eigenvalue weighted by Gasteiger charge is 2.39. The van der Waals surface area contributed by atoms with Gasteiger partial charge in [-0.2, -0.15) is 17.4 Å². The van der Waals surface area contributed by atoms with Gasteiger partial charge in [0.1, 0.15) is 0 Å². The Hall–Kier alpha value is -0.210. The third-order valence-electron chi connectivity index (χ3n) is 4.15. The fourth-order valence-electron chi connectivity index (χ4n) is 2.82. The highest BCUT2D eigenvalue weighted by molar-refractivity contribution is 7.87. The Morgan fingerprint density at radius 3 is 2.63 bits per heavy atom. The fraction of sp³-hybridized carbons (Fsp3) is 1.00. The number of hydrogen-bond donors (Lipinski definition) is 2. The van der Waals surface area contributed by atoms with Crippen LogP contribution in [0.15, 0.2) is 0 Å². The van der Waals surface area contributed by atoms with Crippen molar-refractivity contribution in [2.75, 3.05) is 26.4 Å². The van der Waals surface area contributed by atoms with Gasteiger partial charge in [0, 0.05) is 25.8 Å². The minimum absolute atomic E-state index is 0.0295. The van der Waals surface area contributed by atoms with Gasteiger partial charge in [0.15, 0.2) is 0 Å². The van der Waals surface area contributed by atoms with Crippen LogP contribution in [-0.2, 0) is 14.9 Å². The van der Waals surface area contributed by atoms with Crippen LogP contribution in [0.1, 0.15) is 39.0 Å². The summed E-state index contributed by atoms with van der Waals surface area (Å²) in [6, 6.07) is 0.0295. The smallest absolute Gasteiger partial charge is 0.280 e. The van der Waals surface area contributed by atoms with E-state index in [1.165, 1.54) is 4.31 Å². The first-order valence-electron chi connectivity index (χ1n) is 6.98. The summed E-state index contributed by atoms with van der Waals surface area (Å²) in [6.07, 6.45) is 3.92. The van der Waals surface area contributed by atoms with Crippen LogP contribution in [0.2, 0.25) is 0 Å². The van der Waals surface area contributed by atoms with E-state index in [0.717, 1.165) is 19.3 Å². The zero-order valence-corrected chi connectivity index (χ0v) is 12.3. The van der Waals surface area contributed by atoms with Crippen molar-refractivity contribution in [2.45, 2.75) is 50.6 Å². The number of nitrogens with zero attached hydrogens (tertiary/aromatic N) is 1. The van der Waals surface area contributed by atoms with Crippen molar-refractivity contribution in [3.05, 3.63) is 0 Å². The zero-order valence-electron chi connectivity index (χ0n) is 11.5. The molecule has 2 saturated heterocycles. The minimum Gasteiger partial charge on any atom is -0.394 e. The molecule has 0 aromatic rings. The number of piperidine rings is 1. The van der Waals surface area contributed by atoms with Crippen molar-refractivity contribution < 1.29 is 18.3 Å². The molecule has 2 heterocycles. The molecule has 2 fully saturated rings. The molecule has 19 heavy (non-hydrogen) atoms. The first-order valence-corrected chi connectivity index (χ1v) is 8.42. The molecule has 0 radical (unpaired) electrons. The molecule has 0 aromatic heterocycles. The molecule has 0 amide bonds. The molecule has 0 aliphatic carbocycles. The maximum absolute atomic E-state index is 12.5. The van der Waals surface area contributed by atoms with Crippen molar-refractivity contribution in [1.29, 1.82) is 0 Å². The molecule has 0 saturated carbocycles. The van der Waals surface area contributed by atoms with Crippen molar-refractivity contribution in [3.63, 3.8) is 0 Å². The number of aliphatic hydroxyl groups is 1. The highest BCUT2D eigenvalue weighted by atomic mass is 32.2. The number of aliphatic hydroxyl groups excluding tert-OH is 1. The molecule has 2 aliphatic rings. The lowest BCUT2D eigenvalue weighted by atomic mass is 9.93. The Labute approximate surface area is 115 Å². The molecule has 6 nitrogen and oxygen atoms in total. The third-order valence-corrected chi connectivity index (χ3v) is 6.00. The quantitative estimate of drug-likeness (QED) is 0.778. The number of hydrogen-bond acceptors (Lipinski definition) is 4. The summed E-state index contributed by atoms with van der Waals surface area (Å²) in [4.78, 5) is 0. The van der Waals surface area contributed by atoms with Gasteiger partial charge < -0.3 is 9.84 Å². The van der Waals surface area contributed by atoms with E-state index < -0.39 is 15.7 Å². The van der Waals surface area contributed by atoms with Crippen LogP contribution in [0, 0.1) is 0 Å². The summed E-state index contributed by atoms with van der Waals surface area (Å²) in [5.41, 5.74) is -0.756. The molecular formula is C12H24N2O4S. The van der Waals surface area contributed by atoms with Crippen LogP contribution < -0.4 is 4.72 Å². The number of nitrogens with one attached hydrogen (secondary N) is 1. The van der Waals surface area contributed by atoms with E-state index in [0.29, 0.717) is 32.6 Å². The molecule has 2 aliphatic heterocycles. The van der Waals surface area contributed by atoms with Gasteiger partial charge in [-0.15, -0.1) is 0 Å². The molecule has 1 atom stereocenters. The zero-order chi connectivity index (χ0) is 13.9. The molecular weight excluding hydrogens is 268 g/mol. The Kier molecular flexibility index (Phi) is 4.84. The molecule has 1 unspecified atom stereocenters. The molecule has 0 spiro atoms. The van der Waals surface area contributed by atoms with Gasteiger partial charge >= 0.3 is 0 Å². The lowest BCUT2D eigenvalue weighted by Gasteiger charge is -2.40. The molecule has 2 rings (SSSR count). The SMILES string of the molecule is CC1CCCCN1S(=O)(=O)NC1(CO)CCOCC1. The van der Waals surface area contributed by atoms with Crippen molar-refractivity contribution in [2.24, 2.45) is 0 Å². The third kappa shape index (κ3) is 3.46. The molecule has 2 N–H and O–H groups in total. The average molecular weight is 292 g/mol. The molecule has 0 aromatic carbocycles. The summed E-state index contributed by atoms with van der Waals surface area (Å²) in [7, 11) is -3.53. The van der Waals surface area contributed by atoms with Gasteiger partial charge in [-0.1, -0.05) is 6.42 Å². The van der Waals surface area contributed by atoms with Crippen molar-refractivity contribution >= 4 is 10.2 Å². The Morgan fingerprint density at radius 1 is 1.37 bits per heavy atom. The van der Waals surface area contributed by atoms with Gasteiger partial charge in [-0.25, -0.2) is 0 Å². The van der Waals surface area contributed by atoms with E-state index in [-0.39, 0.29) is 12.6 Å². The normalized spacial score (nSPS) is 29.3. The summed E-state index contributed by atoms with van der Waals surface area (Å²) in [5.74, 6) is 0. The standard InChI is InChI=1S/C12H24N2O4S/c1-11-4-2-3-7-14(11)19(16,17)13-12(10-15)5-8-18-9-6-12/h11,13,15H,2-10H2,1H3. The summed E-state index contributed by atoms with van der Waals surface area (Å²) in [5, 5.41) is 9.57. The average Bonchev–Trinajstić information content (AvgIpc) is 2.39. The topological polar surface area (TPSA) is 78.9 Å². The molecule has 112 valence electrons. The monoisotopic (exact) mass is 292 g/mol. The molecule has 0 bridgehead atoms. The summed E-state index contributed by atoms with van der Waals surface area (Å²) < 4.78 is 34.5. The second kappa shape index (κ2) is 6.05. The first kappa shape index (κ1) is 15.2. The van der Waals surface area contributed by atoms with Gasteiger partial charge in [-0.05, 0) is 32.6 Å². The lowest BCUT2D eigenvalue weighted by Crippen LogP contribution is -2.59. The Balaban J connectivity index is 2.10. The maximum atomic E-state index is 12.5. The van der Waals surface area contributed by atoms with E-state index in [1.54, 1.807) is 0 Å². The summed E-state index contributed by atoms with van der Waals surface area (Å²) >= 11 is 0. The second-order valence-electron chi connectivity index (χ2n) is 5.61. The van der Waals surface area contributed by atoms with Gasteiger partial charge in [0.25, 0.3) is 10.2 Å². The lowest BCUT2D eigenvalue weighted by molar-refractivity contribution is 0.0212. The van der Waals surface area contributed by atoms with Crippen LogP contribution in [0.25, 0.3) is 0 Å². The van der Waals surface area contributed by atoms with Crippen LogP contribution in [0.3, 0.4) is 0 Å². The van der Waals surface area contributed by atoms with E-state index in [4.69, 9.17) is 4.74 Å². The van der Waals surface area contributed by atoms with E-state index >= 15 is 0 Å². The van der Waals surface area contributed by atoms with Gasteiger partial charge in [0.05, 0.1) is 12.1 Å². The minimum atomic E-state index is -3.53. The van der Waals surface area contributed by atoms with E-state index in [2.05, 4.69) is 4.72 Å². The number of rotatable bonds is 4. The highest BCUT2D eigenvalue weighted by Crippen LogP contribution is 2.25. The number of ether oxygens (including phenoxy) is 1. The van der Waals surface area contributed by atoms with Crippen LogP contribution in [0.5, 0.6) is 0 Å². The van der Waals surface area contributed by atoms with E-state index in [1.807, 2.05) is 6.92 Å². The van der Waals surface area contributed by atoms with Crippen molar-refractivity contribution in [1.82, 2.24) is 9.03 Å². The van der Waals surface area contributed by atoms with E-state index in [9.17, 15) is 13.5 Å². The van der Waals surface area contributed by atoms with Crippen LogP contribution >= 0.6 is 0 Å².